The summed E-state index contributed by atoms with van der Waals surface area (Å²) in [7, 11) is 0. The predicted octanol–water partition coefficient (Wildman–Crippen LogP) is 1.91. The maximum Gasteiger partial charge on any atom is 0.142 e. The fourth-order valence-corrected chi connectivity index (χ4v) is 1.85. The van der Waals surface area contributed by atoms with E-state index in [1.807, 2.05) is 6.07 Å². The van der Waals surface area contributed by atoms with Crippen LogP contribution in [0.25, 0.3) is 0 Å². The van der Waals surface area contributed by atoms with Gasteiger partial charge in [0.25, 0.3) is 0 Å². The first kappa shape index (κ1) is 10.3. The molecule has 3 nitrogen and oxygen atoms in total. The Morgan fingerprint density at radius 2 is 2.40 bits per heavy atom. The number of anilines is 1. The van der Waals surface area contributed by atoms with Crippen LogP contribution in [0.2, 0.25) is 0 Å². The van der Waals surface area contributed by atoms with Gasteiger partial charge in [-0.05, 0) is 44.0 Å². The summed E-state index contributed by atoms with van der Waals surface area (Å²) in [5.74, 6) is 0.963. The highest BCUT2D eigenvalue weighted by Crippen LogP contribution is 2.30. The quantitative estimate of drug-likeness (QED) is 0.794. The highest BCUT2D eigenvalue weighted by molar-refractivity contribution is 5.59. The van der Waals surface area contributed by atoms with E-state index in [0.29, 0.717) is 6.04 Å². The van der Waals surface area contributed by atoms with E-state index in [4.69, 9.17) is 10.5 Å². The van der Waals surface area contributed by atoms with Gasteiger partial charge in [-0.2, -0.15) is 0 Å². The van der Waals surface area contributed by atoms with E-state index < -0.39 is 0 Å². The SMILES string of the molecule is Cc1ccc2c(c1)NC(CCCN)CO2. The molecule has 1 heterocycles. The minimum Gasteiger partial charge on any atom is -0.489 e. The molecule has 3 N–H and O–H groups in total. The minimum absolute atomic E-state index is 0.405. The van der Waals surface area contributed by atoms with E-state index in [1.165, 1.54) is 5.56 Å². The summed E-state index contributed by atoms with van der Waals surface area (Å²) in [6, 6.07) is 6.63. The molecule has 0 radical (unpaired) electrons. The molecule has 1 atom stereocenters. The molecule has 15 heavy (non-hydrogen) atoms. The fraction of sp³-hybridized carbons (Fsp3) is 0.500. The normalized spacial score (nSPS) is 18.9. The number of ether oxygens (including phenoxy) is 1. The Morgan fingerprint density at radius 1 is 1.53 bits per heavy atom. The van der Waals surface area contributed by atoms with Crippen molar-refractivity contribution in [1.82, 2.24) is 0 Å². The van der Waals surface area contributed by atoms with Crippen molar-refractivity contribution in [2.45, 2.75) is 25.8 Å². The second-order valence-electron chi connectivity index (χ2n) is 4.08. The highest BCUT2D eigenvalue weighted by Gasteiger charge is 2.17. The Balaban J connectivity index is 2.05. The van der Waals surface area contributed by atoms with Crippen LogP contribution in [0.3, 0.4) is 0 Å². The number of nitrogens with two attached hydrogens (primary N) is 1. The predicted molar refractivity (Wildman–Crippen MR) is 62.4 cm³/mol. The first-order chi connectivity index (χ1) is 7.29. The molecule has 0 aliphatic carbocycles. The maximum atomic E-state index is 5.68. The fourth-order valence-electron chi connectivity index (χ4n) is 1.85. The molecule has 3 heteroatoms. The van der Waals surface area contributed by atoms with Crippen LogP contribution in [0, 0.1) is 6.92 Å². The molecule has 0 fully saturated rings. The molecule has 82 valence electrons. The van der Waals surface area contributed by atoms with E-state index in [0.717, 1.165) is 37.4 Å². The van der Waals surface area contributed by atoms with Crippen molar-refractivity contribution in [3.05, 3.63) is 23.8 Å². The summed E-state index contributed by atoms with van der Waals surface area (Å²) in [5.41, 5.74) is 7.86. The summed E-state index contributed by atoms with van der Waals surface area (Å²) >= 11 is 0. The van der Waals surface area contributed by atoms with Gasteiger partial charge >= 0.3 is 0 Å². The topological polar surface area (TPSA) is 47.3 Å². The summed E-state index contributed by atoms with van der Waals surface area (Å²) in [6.07, 6.45) is 2.12. The van der Waals surface area contributed by atoms with Crippen molar-refractivity contribution in [2.24, 2.45) is 5.73 Å². The Kier molecular flexibility index (Phi) is 3.11. The Labute approximate surface area is 90.6 Å². The van der Waals surface area contributed by atoms with Gasteiger partial charge in [-0.15, -0.1) is 0 Å². The number of aryl methyl sites for hydroxylation is 1. The zero-order valence-corrected chi connectivity index (χ0v) is 9.12. The Bertz CT molecular complexity index is 338. The molecule has 2 rings (SSSR count). The largest absolute Gasteiger partial charge is 0.489 e. The number of benzene rings is 1. The first-order valence-electron chi connectivity index (χ1n) is 5.49. The molecule has 0 saturated heterocycles. The lowest BCUT2D eigenvalue weighted by molar-refractivity contribution is 0.277. The standard InChI is InChI=1S/C12H18N2O/c1-9-4-5-12-11(7-9)14-10(8-15-12)3-2-6-13/h4-5,7,10,14H,2-3,6,8,13H2,1H3. The van der Waals surface area contributed by atoms with E-state index in [2.05, 4.69) is 24.4 Å². The van der Waals surface area contributed by atoms with E-state index in [9.17, 15) is 0 Å². The third kappa shape index (κ3) is 2.42. The highest BCUT2D eigenvalue weighted by atomic mass is 16.5. The monoisotopic (exact) mass is 206 g/mol. The lowest BCUT2D eigenvalue weighted by atomic mass is 10.1. The van der Waals surface area contributed by atoms with Gasteiger partial charge in [0.15, 0.2) is 0 Å². The second kappa shape index (κ2) is 4.53. The second-order valence-corrected chi connectivity index (χ2v) is 4.08. The average molecular weight is 206 g/mol. The number of rotatable bonds is 3. The first-order valence-corrected chi connectivity index (χ1v) is 5.49. The number of hydrogen-bond donors (Lipinski definition) is 2. The molecule has 0 spiro atoms. The average Bonchev–Trinajstić information content (AvgIpc) is 2.25. The van der Waals surface area contributed by atoms with Crippen LogP contribution in [-0.2, 0) is 0 Å². The molecule has 0 saturated carbocycles. The molecule has 0 amide bonds. The van der Waals surface area contributed by atoms with Gasteiger partial charge in [0.05, 0.1) is 11.7 Å². The van der Waals surface area contributed by atoms with Crippen LogP contribution < -0.4 is 15.8 Å². The molecule has 1 aliphatic rings. The van der Waals surface area contributed by atoms with Crippen LogP contribution in [0.5, 0.6) is 5.75 Å². The summed E-state index contributed by atoms with van der Waals surface area (Å²) in [4.78, 5) is 0. The van der Waals surface area contributed by atoms with E-state index >= 15 is 0 Å². The number of fused-ring (bicyclic) bond motifs is 1. The van der Waals surface area contributed by atoms with Crippen molar-refractivity contribution in [2.75, 3.05) is 18.5 Å². The van der Waals surface area contributed by atoms with Crippen LogP contribution in [0.1, 0.15) is 18.4 Å². The Hall–Kier alpha value is -1.22. The van der Waals surface area contributed by atoms with Gasteiger partial charge in [0, 0.05) is 0 Å². The number of nitrogens with one attached hydrogen (secondary N) is 1. The van der Waals surface area contributed by atoms with Crippen LogP contribution in [0.15, 0.2) is 18.2 Å². The molecular weight excluding hydrogens is 188 g/mol. The summed E-state index contributed by atoms with van der Waals surface area (Å²) in [5, 5.41) is 3.49. The van der Waals surface area contributed by atoms with Crippen molar-refractivity contribution in [3.63, 3.8) is 0 Å². The van der Waals surface area contributed by atoms with Gasteiger partial charge in [0.2, 0.25) is 0 Å². The third-order valence-corrected chi connectivity index (χ3v) is 2.69. The van der Waals surface area contributed by atoms with Gasteiger partial charge in [-0.25, -0.2) is 0 Å². The lowest BCUT2D eigenvalue weighted by Gasteiger charge is -2.27. The van der Waals surface area contributed by atoms with E-state index in [-0.39, 0.29) is 0 Å². The smallest absolute Gasteiger partial charge is 0.142 e. The van der Waals surface area contributed by atoms with E-state index in [1.54, 1.807) is 0 Å². The van der Waals surface area contributed by atoms with Crippen molar-refractivity contribution in [3.8, 4) is 5.75 Å². The van der Waals surface area contributed by atoms with Crippen molar-refractivity contribution < 1.29 is 4.74 Å². The molecule has 1 aliphatic heterocycles. The zero-order chi connectivity index (χ0) is 10.7. The van der Waals surface area contributed by atoms with Crippen molar-refractivity contribution >= 4 is 5.69 Å². The third-order valence-electron chi connectivity index (χ3n) is 2.69. The van der Waals surface area contributed by atoms with Crippen molar-refractivity contribution in [1.29, 1.82) is 0 Å². The Morgan fingerprint density at radius 3 is 3.20 bits per heavy atom. The molecule has 1 aromatic rings. The van der Waals surface area contributed by atoms with Gasteiger partial charge < -0.3 is 15.8 Å². The number of hydrogen-bond acceptors (Lipinski definition) is 3. The van der Waals surface area contributed by atoms with Crippen LogP contribution in [-0.4, -0.2) is 19.2 Å². The molecule has 0 aromatic heterocycles. The summed E-state index contributed by atoms with van der Waals surface area (Å²) < 4.78 is 5.68. The van der Waals surface area contributed by atoms with Gasteiger partial charge in [0.1, 0.15) is 12.4 Å². The molecule has 1 unspecified atom stereocenters. The maximum absolute atomic E-state index is 5.68. The molecular formula is C12H18N2O. The zero-order valence-electron chi connectivity index (χ0n) is 9.12. The molecule has 1 aromatic carbocycles. The summed E-state index contributed by atoms with van der Waals surface area (Å²) in [6.45, 7) is 3.58. The van der Waals surface area contributed by atoms with Crippen LogP contribution >= 0.6 is 0 Å². The van der Waals surface area contributed by atoms with Crippen LogP contribution in [0.4, 0.5) is 5.69 Å². The van der Waals surface area contributed by atoms with Gasteiger partial charge in [-0.1, -0.05) is 6.07 Å². The lowest BCUT2D eigenvalue weighted by Crippen LogP contribution is -2.31. The molecule has 0 bridgehead atoms. The minimum atomic E-state index is 0.405. The van der Waals surface area contributed by atoms with Gasteiger partial charge in [-0.3, -0.25) is 0 Å².